The van der Waals surface area contributed by atoms with Crippen LogP contribution in [0.4, 0.5) is 8.78 Å². The van der Waals surface area contributed by atoms with E-state index < -0.39 is 27.9 Å². The number of aromatic nitrogens is 2. The number of nitrogens with zero attached hydrogens (tertiary/aromatic N) is 2. The minimum atomic E-state index is -0.808. The van der Waals surface area contributed by atoms with Crippen LogP contribution in [0.15, 0.2) is 27.8 Å². The molecule has 2 rings (SSSR count). The Bertz CT molecular complexity index is 799. The van der Waals surface area contributed by atoms with Gasteiger partial charge >= 0.3 is 5.69 Å². The third-order valence-corrected chi connectivity index (χ3v) is 3.53. The predicted molar refractivity (Wildman–Crippen MR) is 71.4 cm³/mol. The smallest absolute Gasteiger partial charge is 0.279 e. The Labute approximate surface area is 121 Å². The summed E-state index contributed by atoms with van der Waals surface area (Å²) < 4.78 is 28.7. The molecular weight excluding hydrogens is 313 g/mol. The van der Waals surface area contributed by atoms with Crippen LogP contribution in [0.5, 0.6) is 0 Å². The third-order valence-electron chi connectivity index (χ3n) is 2.80. The number of benzene rings is 1. The first-order valence-corrected chi connectivity index (χ1v) is 6.17. The topological polar surface area (TPSA) is 44.0 Å². The molecule has 1 heterocycles. The third kappa shape index (κ3) is 2.48. The molecule has 0 radical (unpaired) electrons. The summed E-state index contributed by atoms with van der Waals surface area (Å²) in [4.78, 5) is 23.3. The van der Waals surface area contributed by atoms with Gasteiger partial charge in [0.15, 0.2) is 0 Å². The molecule has 0 N–H and O–H groups in total. The molecule has 0 unspecified atom stereocenters. The van der Waals surface area contributed by atoms with E-state index in [0.29, 0.717) is 0 Å². The number of hydrogen-bond donors (Lipinski definition) is 0. The molecule has 0 bridgehead atoms. The Morgan fingerprint density at radius 3 is 2.40 bits per heavy atom. The molecule has 1 aromatic carbocycles. The van der Waals surface area contributed by atoms with Crippen LogP contribution in [0.25, 0.3) is 0 Å². The van der Waals surface area contributed by atoms with Crippen molar-refractivity contribution < 1.29 is 8.78 Å². The molecule has 0 fully saturated rings. The maximum atomic E-state index is 13.7. The van der Waals surface area contributed by atoms with E-state index in [9.17, 15) is 18.4 Å². The van der Waals surface area contributed by atoms with Crippen molar-refractivity contribution in [2.45, 2.75) is 6.54 Å². The van der Waals surface area contributed by atoms with E-state index in [4.69, 9.17) is 23.2 Å². The normalized spacial score (nSPS) is 10.8. The fourth-order valence-electron chi connectivity index (χ4n) is 1.66. The standard InChI is InChI=1S/C12H8Cl2F2N2O2/c1-17-10(19)4-9(13)18(12(17)20)5-6-7(15)2-3-8(16)11(6)14/h2-4H,5H2,1H3. The van der Waals surface area contributed by atoms with E-state index in [1.807, 2.05) is 0 Å². The number of hydrogen-bond acceptors (Lipinski definition) is 2. The largest absolute Gasteiger partial charge is 0.332 e. The van der Waals surface area contributed by atoms with Crippen LogP contribution in [0.2, 0.25) is 10.2 Å². The lowest BCUT2D eigenvalue weighted by atomic mass is 10.2. The van der Waals surface area contributed by atoms with Crippen molar-refractivity contribution in [1.29, 1.82) is 0 Å². The van der Waals surface area contributed by atoms with Gasteiger partial charge in [-0.05, 0) is 12.1 Å². The highest BCUT2D eigenvalue weighted by molar-refractivity contribution is 6.31. The van der Waals surface area contributed by atoms with E-state index in [1.54, 1.807) is 0 Å². The van der Waals surface area contributed by atoms with E-state index in [-0.39, 0.29) is 17.3 Å². The summed E-state index contributed by atoms with van der Waals surface area (Å²) in [5.74, 6) is -1.58. The van der Waals surface area contributed by atoms with Gasteiger partial charge in [-0.2, -0.15) is 0 Å². The summed E-state index contributed by atoms with van der Waals surface area (Å²) >= 11 is 11.5. The summed E-state index contributed by atoms with van der Waals surface area (Å²) in [6.07, 6.45) is 0. The molecular formula is C12H8Cl2F2N2O2. The highest BCUT2D eigenvalue weighted by Crippen LogP contribution is 2.24. The van der Waals surface area contributed by atoms with Gasteiger partial charge in [0, 0.05) is 18.7 Å². The maximum Gasteiger partial charge on any atom is 0.332 e. The van der Waals surface area contributed by atoms with Gasteiger partial charge in [0.2, 0.25) is 0 Å². The molecule has 0 aliphatic rings. The van der Waals surface area contributed by atoms with Crippen LogP contribution in [0.1, 0.15) is 5.56 Å². The molecule has 0 atom stereocenters. The second-order valence-electron chi connectivity index (χ2n) is 4.05. The van der Waals surface area contributed by atoms with Gasteiger partial charge < -0.3 is 0 Å². The van der Waals surface area contributed by atoms with Gasteiger partial charge in [0.1, 0.15) is 16.8 Å². The summed E-state index contributed by atoms with van der Waals surface area (Å²) in [6.45, 7) is -0.381. The van der Waals surface area contributed by atoms with Gasteiger partial charge in [-0.3, -0.25) is 13.9 Å². The molecule has 0 saturated carbocycles. The molecule has 20 heavy (non-hydrogen) atoms. The first-order chi connectivity index (χ1) is 9.32. The quantitative estimate of drug-likeness (QED) is 0.629. The Morgan fingerprint density at radius 2 is 1.75 bits per heavy atom. The van der Waals surface area contributed by atoms with Crippen molar-refractivity contribution in [3.05, 3.63) is 66.4 Å². The molecule has 4 nitrogen and oxygen atoms in total. The maximum absolute atomic E-state index is 13.7. The van der Waals surface area contributed by atoms with Crippen LogP contribution in [0.3, 0.4) is 0 Å². The second kappa shape index (κ2) is 5.38. The minimum Gasteiger partial charge on any atom is -0.279 e. The van der Waals surface area contributed by atoms with E-state index in [0.717, 1.165) is 27.3 Å². The SMILES string of the molecule is Cn1c(=O)cc(Cl)n(Cc2c(F)ccc(F)c2Cl)c1=O. The van der Waals surface area contributed by atoms with Gasteiger partial charge in [-0.15, -0.1) is 0 Å². The molecule has 0 aliphatic carbocycles. The summed E-state index contributed by atoms with van der Waals surface area (Å²) in [7, 11) is 1.25. The Morgan fingerprint density at radius 1 is 1.15 bits per heavy atom. The average molecular weight is 321 g/mol. The predicted octanol–water partition coefficient (Wildman–Crippen LogP) is 2.18. The highest BCUT2D eigenvalue weighted by atomic mass is 35.5. The van der Waals surface area contributed by atoms with E-state index in [1.165, 1.54) is 7.05 Å². The first-order valence-electron chi connectivity index (χ1n) is 5.41. The Hall–Kier alpha value is -1.66. The fraction of sp³-hybridized carbons (Fsp3) is 0.167. The van der Waals surface area contributed by atoms with Crippen molar-refractivity contribution in [1.82, 2.24) is 9.13 Å². The lowest BCUT2D eigenvalue weighted by Gasteiger charge is -2.12. The van der Waals surface area contributed by atoms with Crippen LogP contribution in [-0.2, 0) is 13.6 Å². The van der Waals surface area contributed by atoms with Crippen LogP contribution < -0.4 is 11.2 Å². The van der Waals surface area contributed by atoms with Gasteiger partial charge in [-0.1, -0.05) is 23.2 Å². The van der Waals surface area contributed by atoms with Gasteiger partial charge in [-0.25, -0.2) is 13.6 Å². The molecule has 0 saturated heterocycles. The molecule has 8 heteroatoms. The lowest BCUT2D eigenvalue weighted by molar-refractivity contribution is 0.566. The van der Waals surface area contributed by atoms with Crippen molar-refractivity contribution in [2.24, 2.45) is 7.05 Å². The molecule has 1 aromatic heterocycles. The Kier molecular flexibility index (Phi) is 3.96. The summed E-state index contributed by atoms with van der Waals surface area (Å²) in [5.41, 5.74) is -1.56. The molecule has 0 aliphatic heterocycles. The molecule has 106 valence electrons. The van der Waals surface area contributed by atoms with E-state index >= 15 is 0 Å². The van der Waals surface area contributed by atoms with Crippen molar-refractivity contribution in [2.75, 3.05) is 0 Å². The van der Waals surface area contributed by atoms with Crippen LogP contribution in [-0.4, -0.2) is 9.13 Å². The molecule has 0 spiro atoms. The monoisotopic (exact) mass is 320 g/mol. The number of halogens is 4. The zero-order chi connectivity index (χ0) is 15.0. The fourth-order valence-corrected chi connectivity index (χ4v) is 2.10. The summed E-state index contributed by atoms with van der Waals surface area (Å²) in [6, 6.07) is 2.79. The average Bonchev–Trinajstić information content (AvgIpc) is 2.40. The van der Waals surface area contributed by atoms with Crippen molar-refractivity contribution in [3.8, 4) is 0 Å². The summed E-state index contributed by atoms with van der Waals surface area (Å²) in [5, 5.41) is -0.611. The van der Waals surface area contributed by atoms with Gasteiger partial charge in [0.25, 0.3) is 5.56 Å². The zero-order valence-corrected chi connectivity index (χ0v) is 11.7. The highest BCUT2D eigenvalue weighted by Gasteiger charge is 2.15. The van der Waals surface area contributed by atoms with E-state index in [2.05, 4.69) is 0 Å². The Balaban J connectivity index is 2.63. The van der Waals surface area contributed by atoms with Crippen molar-refractivity contribution in [3.63, 3.8) is 0 Å². The second-order valence-corrected chi connectivity index (χ2v) is 4.82. The molecule has 0 amide bonds. The van der Waals surface area contributed by atoms with Crippen molar-refractivity contribution >= 4 is 23.2 Å². The van der Waals surface area contributed by atoms with Crippen LogP contribution >= 0.6 is 23.2 Å². The first kappa shape index (κ1) is 14.7. The number of rotatable bonds is 2. The van der Waals surface area contributed by atoms with Gasteiger partial charge in [0.05, 0.1) is 11.6 Å². The zero-order valence-electron chi connectivity index (χ0n) is 10.2. The molecule has 2 aromatic rings. The lowest BCUT2D eigenvalue weighted by Crippen LogP contribution is -2.38. The minimum absolute atomic E-state index is 0.183. The van der Waals surface area contributed by atoms with Crippen LogP contribution in [0, 0.1) is 11.6 Å².